The summed E-state index contributed by atoms with van der Waals surface area (Å²) in [6, 6.07) is 19.0. The predicted molar refractivity (Wildman–Crippen MR) is 80.1 cm³/mol. The molecule has 106 valence electrons. The lowest BCUT2D eigenvalue weighted by molar-refractivity contribution is 0.144. The maximum Gasteiger partial charge on any atom is 0.511 e. The summed E-state index contributed by atoms with van der Waals surface area (Å²) in [6.45, 7) is 2.23. The molecular weight excluding hydrogens is 252 g/mol. The standard InChI is InChI=1S/C10H14.C7H6O3/c1-2-3-7-10-8-5-4-6-9-10;8-7(9)10-6-4-2-1-3-5-6/h4-6,8-9H,2-3,7H2,1H3;1-5H,(H,8,9). The van der Waals surface area contributed by atoms with E-state index in [-0.39, 0.29) is 0 Å². The van der Waals surface area contributed by atoms with Crippen LogP contribution in [0.4, 0.5) is 4.79 Å². The van der Waals surface area contributed by atoms with Crippen LogP contribution >= 0.6 is 0 Å². The average Bonchev–Trinajstić information content (AvgIpc) is 2.47. The van der Waals surface area contributed by atoms with Crippen LogP contribution in [0.2, 0.25) is 0 Å². The second-order valence-electron chi connectivity index (χ2n) is 4.27. The van der Waals surface area contributed by atoms with Gasteiger partial charge in [-0.15, -0.1) is 0 Å². The molecule has 2 rings (SSSR count). The average molecular weight is 272 g/mol. The normalized spacial score (nSPS) is 9.25. The molecule has 0 saturated heterocycles. The van der Waals surface area contributed by atoms with Gasteiger partial charge in [0.2, 0.25) is 0 Å². The second kappa shape index (κ2) is 9.62. The van der Waals surface area contributed by atoms with Crippen molar-refractivity contribution < 1.29 is 14.6 Å². The van der Waals surface area contributed by atoms with Crippen LogP contribution in [0.5, 0.6) is 5.75 Å². The third-order valence-corrected chi connectivity index (χ3v) is 2.61. The quantitative estimate of drug-likeness (QED) is 0.644. The van der Waals surface area contributed by atoms with Crippen molar-refractivity contribution in [1.29, 1.82) is 0 Å². The number of ether oxygens (including phenoxy) is 1. The van der Waals surface area contributed by atoms with Gasteiger partial charge in [0.05, 0.1) is 0 Å². The van der Waals surface area contributed by atoms with Crippen LogP contribution in [0.25, 0.3) is 0 Å². The summed E-state index contributed by atoms with van der Waals surface area (Å²) in [5, 5.41) is 8.14. The monoisotopic (exact) mass is 272 g/mol. The third kappa shape index (κ3) is 7.21. The molecule has 0 heterocycles. The fourth-order valence-corrected chi connectivity index (χ4v) is 1.61. The molecule has 0 saturated carbocycles. The van der Waals surface area contributed by atoms with E-state index in [1.165, 1.54) is 24.8 Å². The second-order valence-corrected chi connectivity index (χ2v) is 4.27. The minimum atomic E-state index is -1.29. The molecular formula is C17H20O3. The Bertz CT molecular complexity index is 480. The van der Waals surface area contributed by atoms with E-state index in [4.69, 9.17) is 5.11 Å². The van der Waals surface area contributed by atoms with Crippen LogP contribution in [0, 0.1) is 0 Å². The Kier molecular flexibility index (Phi) is 7.58. The molecule has 0 aliphatic rings. The van der Waals surface area contributed by atoms with Crippen LogP contribution in [-0.4, -0.2) is 11.3 Å². The summed E-state index contributed by atoms with van der Waals surface area (Å²) in [4.78, 5) is 9.95. The van der Waals surface area contributed by atoms with Crippen LogP contribution < -0.4 is 4.74 Å². The topological polar surface area (TPSA) is 46.5 Å². The Labute approximate surface area is 119 Å². The Hall–Kier alpha value is -2.29. The minimum absolute atomic E-state index is 0.343. The van der Waals surface area contributed by atoms with Gasteiger partial charge in [-0.25, -0.2) is 4.79 Å². The maximum atomic E-state index is 9.95. The highest BCUT2D eigenvalue weighted by Crippen LogP contribution is 2.07. The van der Waals surface area contributed by atoms with Crippen LogP contribution in [0.15, 0.2) is 60.7 Å². The van der Waals surface area contributed by atoms with E-state index in [1.54, 1.807) is 30.3 Å². The molecule has 0 bridgehead atoms. The number of hydrogen-bond acceptors (Lipinski definition) is 2. The first-order valence-electron chi connectivity index (χ1n) is 6.72. The molecule has 0 amide bonds. The first-order chi connectivity index (χ1) is 9.72. The van der Waals surface area contributed by atoms with Gasteiger partial charge in [-0.05, 0) is 30.5 Å². The van der Waals surface area contributed by atoms with Crippen molar-refractivity contribution >= 4 is 6.16 Å². The highest BCUT2D eigenvalue weighted by atomic mass is 16.7. The van der Waals surface area contributed by atoms with Crippen molar-refractivity contribution in [2.45, 2.75) is 26.2 Å². The van der Waals surface area contributed by atoms with Crippen molar-refractivity contribution in [2.75, 3.05) is 0 Å². The van der Waals surface area contributed by atoms with Crippen molar-refractivity contribution in [3.8, 4) is 5.75 Å². The van der Waals surface area contributed by atoms with Gasteiger partial charge in [0.1, 0.15) is 5.75 Å². The van der Waals surface area contributed by atoms with E-state index in [0.29, 0.717) is 5.75 Å². The zero-order valence-electron chi connectivity index (χ0n) is 11.7. The number of hydrogen-bond donors (Lipinski definition) is 1. The van der Waals surface area contributed by atoms with Gasteiger partial charge in [-0.3, -0.25) is 0 Å². The van der Waals surface area contributed by atoms with E-state index < -0.39 is 6.16 Å². The van der Waals surface area contributed by atoms with E-state index in [1.807, 2.05) is 0 Å². The fraction of sp³-hybridized carbons (Fsp3) is 0.235. The molecule has 20 heavy (non-hydrogen) atoms. The SMILES string of the molecule is CCCCc1ccccc1.O=C(O)Oc1ccccc1. The Morgan fingerprint density at radius 2 is 1.55 bits per heavy atom. The molecule has 0 aliphatic carbocycles. The largest absolute Gasteiger partial charge is 0.511 e. The van der Waals surface area contributed by atoms with E-state index in [0.717, 1.165) is 0 Å². The summed E-state index contributed by atoms with van der Waals surface area (Å²) in [5.74, 6) is 0.343. The number of carbonyl (C=O) groups is 1. The number of carboxylic acid groups (broad SMARTS) is 1. The Morgan fingerprint density at radius 1 is 1.00 bits per heavy atom. The number of benzene rings is 2. The van der Waals surface area contributed by atoms with Gasteiger partial charge < -0.3 is 9.84 Å². The van der Waals surface area contributed by atoms with Gasteiger partial charge >= 0.3 is 6.16 Å². The highest BCUT2D eigenvalue weighted by Gasteiger charge is 1.96. The lowest BCUT2D eigenvalue weighted by atomic mass is 10.1. The number of rotatable bonds is 4. The van der Waals surface area contributed by atoms with Gasteiger partial charge in [-0.1, -0.05) is 61.9 Å². The van der Waals surface area contributed by atoms with Gasteiger partial charge in [0, 0.05) is 0 Å². The minimum Gasteiger partial charge on any atom is -0.449 e. The predicted octanol–water partition coefficient (Wildman–Crippen LogP) is 4.77. The molecule has 3 heteroatoms. The number of para-hydroxylation sites is 1. The molecule has 0 radical (unpaired) electrons. The maximum absolute atomic E-state index is 9.95. The smallest absolute Gasteiger partial charge is 0.449 e. The van der Waals surface area contributed by atoms with E-state index in [9.17, 15) is 4.79 Å². The molecule has 0 aliphatic heterocycles. The third-order valence-electron chi connectivity index (χ3n) is 2.61. The summed E-state index contributed by atoms with van der Waals surface area (Å²) in [5.41, 5.74) is 1.46. The molecule has 2 aromatic carbocycles. The number of aryl methyl sites for hydroxylation is 1. The van der Waals surface area contributed by atoms with Crippen molar-refractivity contribution in [3.05, 3.63) is 66.2 Å². The first kappa shape index (κ1) is 15.8. The van der Waals surface area contributed by atoms with Gasteiger partial charge in [0.25, 0.3) is 0 Å². The molecule has 0 aromatic heterocycles. The molecule has 3 nitrogen and oxygen atoms in total. The van der Waals surface area contributed by atoms with Crippen molar-refractivity contribution in [1.82, 2.24) is 0 Å². The van der Waals surface area contributed by atoms with Gasteiger partial charge in [-0.2, -0.15) is 0 Å². The fourth-order valence-electron chi connectivity index (χ4n) is 1.61. The zero-order chi connectivity index (χ0) is 14.6. The summed E-state index contributed by atoms with van der Waals surface area (Å²) in [7, 11) is 0. The first-order valence-corrected chi connectivity index (χ1v) is 6.72. The Balaban J connectivity index is 0.000000200. The van der Waals surface area contributed by atoms with Crippen LogP contribution in [-0.2, 0) is 6.42 Å². The van der Waals surface area contributed by atoms with Gasteiger partial charge in [0.15, 0.2) is 0 Å². The molecule has 2 aromatic rings. The zero-order valence-corrected chi connectivity index (χ0v) is 11.7. The lowest BCUT2D eigenvalue weighted by Gasteiger charge is -1.96. The highest BCUT2D eigenvalue weighted by molar-refractivity contribution is 5.60. The van der Waals surface area contributed by atoms with Crippen LogP contribution in [0.1, 0.15) is 25.3 Å². The molecule has 0 atom stereocenters. The van der Waals surface area contributed by atoms with Crippen molar-refractivity contribution in [2.24, 2.45) is 0 Å². The molecule has 0 unspecified atom stereocenters. The molecule has 1 N–H and O–H groups in total. The molecule has 0 spiro atoms. The summed E-state index contributed by atoms with van der Waals surface area (Å²) in [6.07, 6.45) is 2.54. The van der Waals surface area contributed by atoms with E-state index >= 15 is 0 Å². The lowest BCUT2D eigenvalue weighted by Crippen LogP contribution is -2.02. The summed E-state index contributed by atoms with van der Waals surface area (Å²) < 4.78 is 4.33. The number of unbranched alkanes of at least 4 members (excludes halogenated alkanes) is 1. The molecule has 0 fully saturated rings. The summed E-state index contributed by atoms with van der Waals surface area (Å²) >= 11 is 0. The Morgan fingerprint density at radius 3 is 2.05 bits per heavy atom. The van der Waals surface area contributed by atoms with Crippen molar-refractivity contribution in [3.63, 3.8) is 0 Å². The van der Waals surface area contributed by atoms with E-state index in [2.05, 4.69) is 42.0 Å². The van der Waals surface area contributed by atoms with Crippen LogP contribution in [0.3, 0.4) is 0 Å².